The number of rotatable bonds is 3. The van der Waals surface area contributed by atoms with E-state index in [1.54, 1.807) is 0 Å². The van der Waals surface area contributed by atoms with Gasteiger partial charge in [-0.2, -0.15) is 0 Å². The van der Waals surface area contributed by atoms with Gasteiger partial charge in [0.2, 0.25) is 0 Å². The topological polar surface area (TPSA) is 34.2 Å². The Balaban J connectivity index is 1.91. The van der Waals surface area contributed by atoms with Crippen LogP contribution in [-0.4, -0.2) is 30.3 Å². The molecule has 2 aliphatic rings. The number of hydrogen-bond acceptors (Lipinski definition) is 3. The van der Waals surface area contributed by atoms with Crippen molar-refractivity contribution in [2.24, 2.45) is 11.8 Å². The second kappa shape index (κ2) is 6.05. The Morgan fingerprint density at radius 3 is 2.76 bits per heavy atom. The van der Waals surface area contributed by atoms with Crippen molar-refractivity contribution in [2.75, 3.05) is 7.05 Å². The predicted octanol–water partition coefficient (Wildman–Crippen LogP) is 3.15. The van der Waals surface area contributed by atoms with Gasteiger partial charge in [-0.1, -0.05) is 13.0 Å². The second-order valence-corrected chi connectivity index (χ2v) is 6.84. The minimum atomic E-state index is 0.321. The number of aromatic nitrogens is 1. The molecule has 0 amide bonds. The van der Waals surface area contributed by atoms with Gasteiger partial charge in [-0.15, -0.1) is 0 Å². The van der Waals surface area contributed by atoms with Crippen LogP contribution in [0.4, 0.5) is 0 Å². The third kappa shape index (κ3) is 2.62. The van der Waals surface area contributed by atoms with Crippen LogP contribution in [0.1, 0.15) is 50.8 Å². The lowest BCUT2D eigenvalue weighted by molar-refractivity contribution is 0.0462. The molecule has 1 saturated heterocycles. The third-order valence-electron chi connectivity index (χ3n) is 5.74. The molecule has 3 nitrogen and oxygen atoms in total. The first-order chi connectivity index (χ1) is 10.1. The summed E-state index contributed by atoms with van der Waals surface area (Å²) in [6.45, 7) is 6.78. The van der Waals surface area contributed by atoms with E-state index in [0.717, 1.165) is 0 Å². The number of fused-ring (bicyclic) bond motifs is 1. The van der Waals surface area contributed by atoms with E-state index < -0.39 is 0 Å². The van der Waals surface area contributed by atoms with Crippen LogP contribution >= 0.6 is 0 Å². The normalized spacial score (nSPS) is 37.2. The Hall–Kier alpha value is -0.930. The lowest BCUT2D eigenvalue weighted by atomic mass is 9.72. The van der Waals surface area contributed by atoms with E-state index in [1.807, 2.05) is 6.20 Å². The fraction of sp³-hybridized carbons (Fsp3) is 0.722. The average Bonchev–Trinajstić information content (AvgIpc) is 2.75. The zero-order valence-electron chi connectivity index (χ0n) is 13.7. The Bertz CT molecular complexity index is 490. The van der Waals surface area contributed by atoms with E-state index >= 15 is 0 Å². The van der Waals surface area contributed by atoms with Gasteiger partial charge in [0.1, 0.15) is 0 Å². The highest BCUT2D eigenvalue weighted by atomic mass is 16.5. The van der Waals surface area contributed by atoms with Crippen LogP contribution in [0.5, 0.6) is 0 Å². The van der Waals surface area contributed by atoms with Crippen molar-refractivity contribution < 1.29 is 4.74 Å². The zero-order valence-corrected chi connectivity index (χ0v) is 13.7. The summed E-state index contributed by atoms with van der Waals surface area (Å²) in [6.07, 6.45) is 6.31. The molecule has 0 radical (unpaired) electrons. The predicted molar refractivity (Wildman–Crippen MR) is 85.4 cm³/mol. The van der Waals surface area contributed by atoms with Gasteiger partial charge in [0, 0.05) is 29.8 Å². The zero-order chi connectivity index (χ0) is 15.0. The summed E-state index contributed by atoms with van der Waals surface area (Å²) in [6, 6.07) is 4.78. The maximum Gasteiger partial charge on any atom is 0.0597 e. The lowest BCUT2D eigenvalue weighted by Crippen LogP contribution is -2.45. The molecule has 1 aromatic rings. The number of aryl methyl sites for hydroxylation is 1. The van der Waals surface area contributed by atoms with Crippen molar-refractivity contribution in [3.63, 3.8) is 0 Å². The van der Waals surface area contributed by atoms with Crippen LogP contribution in [0, 0.1) is 11.8 Å². The van der Waals surface area contributed by atoms with Gasteiger partial charge in [0.15, 0.2) is 0 Å². The minimum absolute atomic E-state index is 0.321. The fourth-order valence-corrected chi connectivity index (χ4v) is 4.57. The van der Waals surface area contributed by atoms with Gasteiger partial charge in [-0.05, 0) is 57.7 Å². The molecule has 1 aliphatic carbocycles. The maximum absolute atomic E-state index is 6.09. The van der Waals surface area contributed by atoms with E-state index in [0.29, 0.717) is 36.0 Å². The standard InChI is InChI=1S/C18H28N2O/c1-11-12(2)21-13(3)16(11)18(19-4)15-9-5-7-14-8-6-10-20-17(14)15/h6,8,10-13,15-16,18-19H,5,7,9H2,1-4H3. The molecular weight excluding hydrogens is 260 g/mol. The maximum atomic E-state index is 6.09. The fourth-order valence-electron chi connectivity index (χ4n) is 4.57. The van der Waals surface area contributed by atoms with E-state index in [9.17, 15) is 0 Å². The summed E-state index contributed by atoms with van der Waals surface area (Å²) in [7, 11) is 2.10. The summed E-state index contributed by atoms with van der Waals surface area (Å²) < 4.78 is 6.09. The molecule has 1 N–H and O–H groups in total. The van der Waals surface area contributed by atoms with Gasteiger partial charge < -0.3 is 10.1 Å². The SMILES string of the molecule is CNC(C1CCCc2cccnc21)C1C(C)OC(C)C1C. The van der Waals surface area contributed by atoms with Crippen LogP contribution in [0.2, 0.25) is 0 Å². The van der Waals surface area contributed by atoms with Crippen molar-refractivity contribution in [2.45, 2.75) is 64.2 Å². The molecule has 0 saturated carbocycles. The first-order valence-electron chi connectivity index (χ1n) is 8.40. The number of hydrogen-bond donors (Lipinski definition) is 1. The second-order valence-electron chi connectivity index (χ2n) is 6.84. The number of likely N-dealkylation sites (N-methyl/N-ethyl adjacent to an activating group) is 1. The molecule has 6 atom stereocenters. The van der Waals surface area contributed by atoms with Crippen molar-refractivity contribution in [3.8, 4) is 0 Å². The Kier molecular flexibility index (Phi) is 4.32. The van der Waals surface area contributed by atoms with E-state index in [4.69, 9.17) is 9.72 Å². The molecule has 1 aromatic heterocycles. The molecule has 0 bridgehead atoms. The Morgan fingerprint density at radius 1 is 1.29 bits per heavy atom. The molecule has 116 valence electrons. The Labute approximate surface area is 128 Å². The number of nitrogens with zero attached hydrogens (tertiary/aromatic N) is 1. The van der Waals surface area contributed by atoms with Crippen LogP contribution in [0.25, 0.3) is 0 Å². The summed E-state index contributed by atoms with van der Waals surface area (Å²) in [5, 5.41) is 3.62. The molecule has 3 heteroatoms. The van der Waals surface area contributed by atoms with E-state index in [-0.39, 0.29) is 0 Å². The van der Waals surface area contributed by atoms with Crippen LogP contribution in [0.3, 0.4) is 0 Å². The highest BCUT2D eigenvalue weighted by Gasteiger charge is 2.45. The van der Waals surface area contributed by atoms with Gasteiger partial charge in [0.05, 0.1) is 12.2 Å². The summed E-state index contributed by atoms with van der Waals surface area (Å²) in [5.74, 6) is 1.67. The minimum Gasteiger partial charge on any atom is -0.375 e. The van der Waals surface area contributed by atoms with Crippen LogP contribution in [0.15, 0.2) is 18.3 Å². The number of ether oxygens (including phenoxy) is 1. The van der Waals surface area contributed by atoms with Gasteiger partial charge in [-0.25, -0.2) is 0 Å². The smallest absolute Gasteiger partial charge is 0.0597 e. The van der Waals surface area contributed by atoms with E-state index in [2.05, 4.69) is 45.3 Å². The number of nitrogens with one attached hydrogen (secondary N) is 1. The van der Waals surface area contributed by atoms with Crippen molar-refractivity contribution in [1.82, 2.24) is 10.3 Å². The van der Waals surface area contributed by atoms with E-state index in [1.165, 1.54) is 30.5 Å². The molecule has 0 aromatic carbocycles. The van der Waals surface area contributed by atoms with Gasteiger partial charge in [0.25, 0.3) is 0 Å². The molecule has 1 aliphatic heterocycles. The largest absolute Gasteiger partial charge is 0.375 e. The molecule has 6 unspecified atom stereocenters. The monoisotopic (exact) mass is 288 g/mol. The van der Waals surface area contributed by atoms with Gasteiger partial charge in [-0.3, -0.25) is 4.98 Å². The average molecular weight is 288 g/mol. The highest BCUT2D eigenvalue weighted by molar-refractivity contribution is 5.28. The van der Waals surface area contributed by atoms with Crippen molar-refractivity contribution >= 4 is 0 Å². The highest BCUT2D eigenvalue weighted by Crippen LogP contribution is 2.42. The molecule has 3 rings (SSSR count). The van der Waals surface area contributed by atoms with Crippen LogP contribution in [-0.2, 0) is 11.2 Å². The molecule has 2 heterocycles. The third-order valence-corrected chi connectivity index (χ3v) is 5.74. The lowest BCUT2D eigenvalue weighted by Gasteiger charge is -2.37. The van der Waals surface area contributed by atoms with Crippen molar-refractivity contribution in [3.05, 3.63) is 29.6 Å². The summed E-state index contributed by atoms with van der Waals surface area (Å²) in [4.78, 5) is 4.73. The van der Waals surface area contributed by atoms with Crippen LogP contribution < -0.4 is 5.32 Å². The molecule has 0 spiro atoms. The summed E-state index contributed by atoms with van der Waals surface area (Å²) in [5.41, 5.74) is 2.77. The first kappa shape index (κ1) is 15.0. The molecule has 1 fully saturated rings. The van der Waals surface area contributed by atoms with Crippen molar-refractivity contribution in [1.29, 1.82) is 0 Å². The first-order valence-corrected chi connectivity index (χ1v) is 8.40. The molecular formula is C18H28N2O. The number of pyridine rings is 1. The quantitative estimate of drug-likeness (QED) is 0.928. The van der Waals surface area contributed by atoms with Gasteiger partial charge >= 0.3 is 0 Å². The Morgan fingerprint density at radius 2 is 2.10 bits per heavy atom. The summed E-state index contributed by atoms with van der Waals surface area (Å²) >= 11 is 0. The molecule has 21 heavy (non-hydrogen) atoms.